The number of carbonyl (C=O) groups is 2. The molecule has 0 aliphatic carbocycles. The summed E-state index contributed by atoms with van der Waals surface area (Å²) in [5.41, 5.74) is 1.79. The first-order valence-electron chi connectivity index (χ1n) is 9.50. The molecule has 3 aromatic rings. The Morgan fingerprint density at radius 2 is 1.61 bits per heavy atom. The third-order valence-corrected chi connectivity index (χ3v) is 5.94. The Bertz CT molecular complexity index is 1150. The maximum atomic E-state index is 13.1. The molecule has 3 N–H and O–H groups in total. The predicted octanol–water partition coefficient (Wildman–Crippen LogP) is 3.47. The predicted molar refractivity (Wildman–Crippen MR) is 122 cm³/mol. The van der Waals surface area contributed by atoms with E-state index in [0.717, 1.165) is 11.8 Å². The van der Waals surface area contributed by atoms with E-state index in [2.05, 4.69) is 15.4 Å². The molecule has 162 valence electrons. The van der Waals surface area contributed by atoms with Crippen molar-refractivity contribution in [1.29, 1.82) is 0 Å². The lowest BCUT2D eigenvalue weighted by atomic mass is 10.0. The van der Waals surface area contributed by atoms with Crippen LogP contribution in [0.25, 0.3) is 0 Å². The van der Waals surface area contributed by atoms with Crippen molar-refractivity contribution < 1.29 is 18.0 Å². The van der Waals surface area contributed by atoms with Gasteiger partial charge in [0.2, 0.25) is 15.9 Å². The number of sulfonamides is 1. The molecule has 2 aromatic carbocycles. The highest BCUT2D eigenvalue weighted by Crippen LogP contribution is 2.21. The summed E-state index contributed by atoms with van der Waals surface area (Å²) in [7, 11) is -3.41. The quantitative estimate of drug-likeness (QED) is 0.482. The Kier molecular flexibility index (Phi) is 7.09. The minimum atomic E-state index is -3.41. The van der Waals surface area contributed by atoms with E-state index in [0.29, 0.717) is 16.1 Å². The first-order chi connectivity index (χ1) is 14.7. The molecule has 2 amide bonds. The molecule has 1 aromatic heterocycles. The smallest absolute Gasteiger partial charge is 0.262 e. The zero-order chi connectivity index (χ0) is 22.4. The summed E-state index contributed by atoms with van der Waals surface area (Å²) in [6, 6.07) is 18.0. The van der Waals surface area contributed by atoms with E-state index in [1.807, 2.05) is 6.07 Å². The number of nitrogens with one attached hydrogen (secondary N) is 3. The van der Waals surface area contributed by atoms with E-state index in [4.69, 9.17) is 0 Å². The van der Waals surface area contributed by atoms with Crippen LogP contribution in [0.4, 0.5) is 5.69 Å². The van der Waals surface area contributed by atoms with Crippen LogP contribution in [0.1, 0.15) is 39.8 Å². The van der Waals surface area contributed by atoms with Crippen LogP contribution in [0.15, 0.2) is 72.1 Å². The van der Waals surface area contributed by atoms with Gasteiger partial charge in [-0.05, 0) is 41.6 Å². The fourth-order valence-electron chi connectivity index (χ4n) is 3.02. The number of thiophene rings is 1. The molecule has 2 atom stereocenters. The Balaban J connectivity index is 1.78. The molecule has 0 aliphatic rings. The summed E-state index contributed by atoms with van der Waals surface area (Å²) in [6.45, 7) is 1.79. The summed E-state index contributed by atoms with van der Waals surface area (Å²) in [4.78, 5) is 26.2. The van der Waals surface area contributed by atoms with Crippen molar-refractivity contribution in [2.45, 2.75) is 19.0 Å². The van der Waals surface area contributed by atoms with Gasteiger partial charge in [-0.25, -0.2) is 8.42 Å². The number of anilines is 1. The van der Waals surface area contributed by atoms with Crippen molar-refractivity contribution >= 4 is 38.9 Å². The molecule has 0 saturated heterocycles. The van der Waals surface area contributed by atoms with Crippen LogP contribution < -0.4 is 15.4 Å². The highest BCUT2D eigenvalue weighted by molar-refractivity contribution is 7.92. The summed E-state index contributed by atoms with van der Waals surface area (Å²) in [6.07, 6.45) is 1.08. The molecule has 0 saturated carbocycles. The molecule has 7 nitrogen and oxygen atoms in total. The van der Waals surface area contributed by atoms with Crippen molar-refractivity contribution in [3.63, 3.8) is 0 Å². The van der Waals surface area contributed by atoms with Crippen molar-refractivity contribution in [3.8, 4) is 0 Å². The van der Waals surface area contributed by atoms with E-state index in [-0.39, 0.29) is 11.8 Å². The summed E-state index contributed by atoms with van der Waals surface area (Å²) < 4.78 is 25.4. The highest BCUT2D eigenvalue weighted by atomic mass is 32.2. The average molecular weight is 458 g/mol. The van der Waals surface area contributed by atoms with E-state index in [1.54, 1.807) is 73.0 Å². The second-order valence-electron chi connectivity index (χ2n) is 7.02. The van der Waals surface area contributed by atoms with Crippen molar-refractivity contribution in [1.82, 2.24) is 10.6 Å². The molecule has 0 spiro atoms. The topological polar surface area (TPSA) is 104 Å². The Hall–Kier alpha value is -3.17. The van der Waals surface area contributed by atoms with Crippen molar-refractivity contribution in [2.24, 2.45) is 0 Å². The molecule has 31 heavy (non-hydrogen) atoms. The number of hydrogen-bond acceptors (Lipinski definition) is 5. The zero-order valence-electron chi connectivity index (χ0n) is 17.0. The van der Waals surface area contributed by atoms with E-state index in [9.17, 15) is 18.0 Å². The van der Waals surface area contributed by atoms with Gasteiger partial charge < -0.3 is 10.6 Å². The molecule has 1 heterocycles. The van der Waals surface area contributed by atoms with Gasteiger partial charge in [0.25, 0.3) is 5.91 Å². The summed E-state index contributed by atoms with van der Waals surface area (Å²) in [5.74, 6) is -0.698. The lowest BCUT2D eigenvalue weighted by Gasteiger charge is -2.22. The number of benzene rings is 2. The molecule has 0 aliphatic heterocycles. The molecule has 3 rings (SSSR count). The SMILES string of the molecule is CC(NC(=O)C(NC(=O)c1cccs1)c1ccccc1)c1cccc(NS(C)(=O)=O)c1. The Morgan fingerprint density at radius 3 is 2.26 bits per heavy atom. The lowest BCUT2D eigenvalue weighted by molar-refractivity contribution is -0.123. The van der Waals surface area contributed by atoms with Gasteiger partial charge >= 0.3 is 0 Å². The first kappa shape index (κ1) is 22.5. The molecular formula is C22H23N3O4S2. The second-order valence-corrected chi connectivity index (χ2v) is 9.72. The van der Waals surface area contributed by atoms with Gasteiger partial charge in [-0.1, -0.05) is 48.5 Å². The highest BCUT2D eigenvalue weighted by Gasteiger charge is 2.25. The van der Waals surface area contributed by atoms with Gasteiger partial charge in [0.15, 0.2) is 0 Å². The Morgan fingerprint density at radius 1 is 0.903 bits per heavy atom. The molecule has 0 bridgehead atoms. The van der Waals surface area contributed by atoms with E-state index >= 15 is 0 Å². The van der Waals surface area contributed by atoms with Crippen LogP contribution in [0.3, 0.4) is 0 Å². The van der Waals surface area contributed by atoms with E-state index < -0.39 is 22.1 Å². The van der Waals surface area contributed by atoms with Crippen LogP contribution in [0.2, 0.25) is 0 Å². The second kappa shape index (κ2) is 9.76. The number of rotatable bonds is 8. The average Bonchev–Trinajstić information content (AvgIpc) is 3.26. The van der Waals surface area contributed by atoms with Crippen LogP contribution in [0, 0.1) is 0 Å². The van der Waals surface area contributed by atoms with Gasteiger partial charge in [0.05, 0.1) is 17.2 Å². The fraction of sp³-hybridized carbons (Fsp3) is 0.182. The summed E-state index contributed by atoms with van der Waals surface area (Å²) >= 11 is 1.30. The third kappa shape index (κ3) is 6.40. The number of amides is 2. The molecular weight excluding hydrogens is 434 g/mol. The Labute approximate surface area is 185 Å². The van der Waals surface area contributed by atoms with Gasteiger partial charge in [0, 0.05) is 5.69 Å². The fourth-order valence-corrected chi connectivity index (χ4v) is 4.20. The third-order valence-electron chi connectivity index (χ3n) is 4.46. The van der Waals surface area contributed by atoms with Gasteiger partial charge in [-0.2, -0.15) is 0 Å². The van der Waals surface area contributed by atoms with Crippen molar-refractivity contribution in [2.75, 3.05) is 11.0 Å². The van der Waals surface area contributed by atoms with Gasteiger partial charge in [-0.3, -0.25) is 14.3 Å². The maximum Gasteiger partial charge on any atom is 0.262 e. The lowest BCUT2D eigenvalue weighted by Crippen LogP contribution is -2.41. The standard InChI is InChI=1S/C22H23N3O4S2/c1-15(17-10-6-11-18(14-17)25-31(2,28)29)23-22(27)20(16-8-4-3-5-9-16)24-21(26)19-12-7-13-30-19/h3-15,20,25H,1-2H3,(H,23,27)(H,24,26). The largest absolute Gasteiger partial charge is 0.347 e. The number of carbonyl (C=O) groups excluding carboxylic acids is 2. The van der Waals surface area contributed by atoms with Gasteiger partial charge in [0.1, 0.15) is 6.04 Å². The summed E-state index contributed by atoms with van der Waals surface area (Å²) in [5, 5.41) is 7.51. The maximum absolute atomic E-state index is 13.1. The zero-order valence-corrected chi connectivity index (χ0v) is 18.7. The van der Waals surface area contributed by atoms with Crippen molar-refractivity contribution in [3.05, 3.63) is 88.1 Å². The normalized spacial score (nSPS) is 13.1. The minimum Gasteiger partial charge on any atom is -0.347 e. The monoisotopic (exact) mass is 457 g/mol. The van der Waals surface area contributed by atoms with E-state index in [1.165, 1.54) is 11.3 Å². The van der Waals surface area contributed by atoms with Crippen LogP contribution in [-0.2, 0) is 14.8 Å². The number of hydrogen-bond donors (Lipinski definition) is 3. The van der Waals surface area contributed by atoms with Gasteiger partial charge in [-0.15, -0.1) is 11.3 Å². The minimum absolute atomic E-state index is 0.328. The van der Waals surface area contributed by atoms with Crippen LogP contribution in [-0.4, -0.2) is 26.5 Å². The van der Waals surface area contributed by atoms with Crippen LogP contribution >= 0.6 is 11.3 Å². The van der Waals surface area contributed by atoms with Crippen LogP contribution in [0.5, 0.6) is 0 Å². The molecule has 2 unspecified atom stereocenters. The first-order valence-corrected chi connectivity index (χ1v) is 12.3. The molecule has 0 radical (unpaired) electrons. The molecule has 9 heteroatoms. The molecule has 0 fully saturated rings.